The molecule has 1 atom stereocenters. The Morgan fingerprint density at radius 2 is 1.96 bits per heavy atom. The molecule has 0 unspecified atom stereocenters. The monoisotopic (exact) mass is 341 g/mol. The zero-order valence-electron chi connectivity index (χ0n) is 14.6. The second-order valence-electron chi connectivity index (χ2n) is 6.69. The fourth-order valence-corrected chi connectivity index (χ4v) is 3.17. The average molecular weight is 341 g/mol. The number of aromatic nitrogens is 3. The molecule has 0 aliphatic carbocycles. The first-order valence-electron chi connectivity index (χ1n) is 8.56. The van der Waals surface area contributed by atoms with Gasteiger partial charge in [0.15, 0.2) is 5.82 Å². The Kier molecular flexibility index (Phi) is 4.83. The number of nitrogens with two attached hydrogens (primary N) is 1. The molecule has 1 aliphatic heterocycles. The highest BCUT2D eigenvalue weighted by Crippen LogP contribution is 2.22. The smallest absolute Gasteiger partial charge is 0.253 e. The molecule has 2 N–H and O–H groups in total. The average Bonchev–Trinajstić information content (AvgIpc) is 3.11. The summed E-state index contributed by atoms with van der Waals surface area (Å²) in [5.41, 5.74) is 6.90. The Morgan fingerprint density at radius 3 is 2.60 bits per heavy atom. The summed E-state index contributed by atoms with van der Waals surface area (Å²) in [5, 5.41) is 4.23. The Hall–Kier alpha value is -2.70. The minimum atomic E-state index is -0.333. The van der Waals surface area contributed by atoms with E-state index < -0.39 is 0 Å². The fraction of sp³-hybridized carbons (Fsp3) is 0.444. The van der Waals surface area contributed by atoms with Gasteiger partial charge in [-0.1, -0.05) is 12.1 Å². The molecular formula is C18H23N5O2. The van der Waals surface area contributed by atoms with E-state index in [4.69, 9.17) is 5.73 Å². The van der Waals surface area contributed by atoms with Crippen molar-refractivity contribution in [3.63, 3.8) is 0 Å². The highest BCUT2D eigenvalue weighted by Gasteiger charge is 2.27. The molecule has 1 aliphatic rings. The predicted octanol–water partition coefficient (Wildman–Crippen LogP) is 1.86. The summed E-state index contributed by atoms with van der Waals surface area (Å²) in [6, 6.07) is 7.56. The molecule has 2 amide bonds. The summed E-state index contributed by atoms with van der Waals surface area (Å²) < 4.78 is 1.85. The molecule has 7 nitrogen and oxygen atoms in total. The van der Waals surface area contributed by atoms with E-state index in [1.807, 2.05) is 30.7 Å². The topological polar surface area (TPSA) is 94.1 Å². The van der Waals surface area contributed by atoms with Gasteiger partial charge in [0.05, 0.1) is 5.92 Å². The summed E-state index contributed by atoms with van der Waals surface area (Å²) >= 11 is 0. The van der Waals surface area contributed by atoms with Crippen molar-refractivity contribution in [3.05, 3.63) is 36.2 Å². The van der Waals surface area contributed by atoms with Gasteiger partial charge in [0, 0.05) is 30.3 Å². The number of hydrogen-bond acceptors (Lipinski definition) is 4. The second kappa shape index (κ2) is 7.04. The Labute approximate surface area is 146 Å². The van der Waals surface area contributed by atoms with Crippen LogP contribution < -0.4 is 5.73 Å². The number of carbonyl (C=O) groups is 2. The van der Waals surface area contributed by atoms with E-state index in [-0.39, 0.29) is 23.8 Å². The Bertz CT molecular complexity index is 766. The standard InChI is InChI=1S/C18H23N5O2/c1-12(2)23-17(20-11-21-23)13-5-7-14(8-6-13)18(25)22-9-3-4-15(10-22)16(19)24/h5-8,11-12,15H,3-4,9-10H2,1-2H3,(H2,19,24)/t15-/m0/s1. The first-order valence-corrected chi connectivity index (χ1v) is 8.56. The van der Waals surface area contributed by atoms with E-state index in [1.54, 1.807) is 17.0 Å². The van der Waals surface area contributed by atoms with E-state index in [0.29, 0.717) is 18.7 Å². The van der Waals surface area contributed by atoms with Crippen molar-refractivity contribution in [2.75, 3.05) is 13.1 Å². The van der Waals surface area contributed by atoms with Gasteiger partial charge in [0.2, 0.25) is 5.91 Å². The second-order valence-corrected chi connectivity index (χ2v) is 6.69. The number of benzene rings is 1. The van der Waals surface area contributed by atoms with Crippen LogP contribution in [0, 0.1) is 5.92 Å². The van der Waals surface area contributed by atoms with Crippen molar-refractivity contribution in [1.29, 1.82) is 0 Å². The summed E-state index contributed by atoms with van der Waals surface area (Å²) in [6.07, 6.45) is 3.09. The normalized spacial score (nSPS) is 17.7. The quantitative estimate of drug-likeness (QED) is 0.918. The largest absolute Gasteiger partial charge is 0.369 e. The molecule has 1 aromatic heterocycles. The summed E-state index contributed by atoms with van der Waals surface area (Å²) in [5.74, 6) is 0.131. The zero-order chi connectivity index (χ0) is 18.0. The van der Waals surface area contributed by atoms with Crippen LogP contribution in [0.25, 0.3) is 11.4 Å². The van der Waals surface area contributed by atoms with Gasteiger partial charge >= 0.3 is 0 Å². The third-order valence-corrected chi connectivity index (χ3v) is 4.56. The van der Waals surface area contributed by atoms with Crippen LogP contribution in [0.15, 0.2) is 30.6 Å². The molecule has 1 aromatic carbocycles. The maximum Gasteiger partial charge on any atom is 0.253 e. The number of likely N-dealkylation sites (tertiary alicyclic amines) is 1. The summed E-state index contributed by atoms with van der Waals surface area (Å²) in [4.78, 5) is 30.1. The fourth-order valence-electron chi connectivity index (χ4n) is 3.17. The zero-order valence-corrected chi connectivity index (χ0v) is 14.6. The van der Waals surface area contributed by atoms with E-state index in [0.717, 1.165) is 24.2 Å². The number of carbonyl (C=O) groups excluding carboxylic acids is 2. The SMILES string of the molecule is CC(C)n1ncnc1-c1ccc(C(=O)N2CCC[C@H](C(N)=O)C2)cc1. The lowest BCUT2D eigenvalue weighted by Crippen LogP contribution is -2.44. The Morgan fingerprint density at radius 1 is 1.24 bits per heavy atom. The third-order valence-electron chi connectivity index (χ3n) is 4.56. The van der Waals surface area contributed by atoms with Crippen LogP contribution in [0.2, 0.25) is 0 Å². The number of nitrogens with zero attached hydrogens (tertiary/aromatic N) is 4. The van der Waals surface area contributed by atoms with Crippen molar-refractivity contribution in [2.45, 2.75) is 32.7 Å². The molecular weight excluding hydrogens is 318 g/mol. The van der Waals surface area contributed by atoms with Gasteiger partial charge in [-0.3, -0.25) is 9.59 Å². The lowest BCUT2D eigenvalue weighted by atomic mass is 9.97. The molecule has 25 heavy (non-hydrogen) atoms. The van der Waals surface area contributed by atoms with Gasteiger partial charge in [-0.25, -0.2) is 9.67 Å². The molecule has 0 bridgehead atoms. The summed E-state index contributed by atoms with van der Waals surface area (Å²) in [6.45, 7) is 5.15. The molecule has 1 saturated heterocycles. The molecule has 3 rings (SSSR count). The molecule has 7 heteroatoms. The number of rotatable bonds is 4. The Balaban J connectivity index is 1.77. The van der Waals surface area contributed by atoms with Crippen LogP contribution in [0.1, 0.15) is 43.1 Å². The van der Waals surface area contributed by atoms with Crippen LogP contribution in [0.4, 0.5) is 0 Å². The van der Waals surface area contributed by atoms with Crippen molar-refractivity contribution < 1.29 is 9.59 Å². The lowest BCUT2D eigenvalue weighted by Gasteiger charge is -2.31. The molecule has 0 spiro atoms. The number of primary amides is 1. The minimum Gasteiger partial charge on any atom is -0.369 e. The van der Waals surface area contributed by atoms with E-state index >= 15 is 0 Å². The highest BCUT2D eigenvalue weighted by atomic mass is 16.2. The number of amides is 2. The van der Waals surface area contributed by atoms with Gasteiger partial charge in [-0.2, -0.15) is 5.10 Å². The maximum absolute atomic E-state index is 12.7. The summed E-state index contributed by atoms with van der Waals surface area (Å²) in [7, 11) is 0. The van der Waals surface area contributed by atoms with Crippen molar-refractivity contribution in [1.82, 2.24) is 19.7 Å². The van der Waals surface area contributed by atoms with Crippen LogP contribution in [-0.2, 0) is 4.79 Å². The van der Waals surface area contributed by atoms with Gasteiger partial charge in [-0.05, 0) is 38.8 Å². The van der Waals surface area contributed by atoms with Crippen molar-refractivity contribution in [3.8, 4) is 11.4 Å². The van der Waals surface area contributed by atoms with E-state index in [1.165, 1.54) is 6.33 Å². The van der Waals surface area contributed by atoms with Crippen LogP contribution in [-0.4, -0.2) is 44.6 Å². The minimum absolute atomic E-state index is 0.0668. The highest BCUT2D eigenvalue weighted by molar-refractivity contribution is 5.95. The van der Waals surface area contributed by atoms with E-state index in [9.17, 15) is 9.59 Å². The molecule has 0 saturated carbocycles. The van der Waals surface area contributed by atoms with Gasteiger partial charge < -0.3 is 10.6 Å². The van der Waals surface area contributed by atoms with E-state index in [2.05, 4.69) is 10.1 Å². The predicted molar refractivity (Wildman–Crippen MR) is 93.7 cm³/mol. The van der Waals surface area contributed by atoms with Crippen LogP contribution in [0.5, 0.6) is 0 Å². The molecule has 0 radical (unpaired) electrons. The van der Waals surface area contributed by atoms with Crippen molar-refractivity contribution in [2.24, 2.45) is 11.7 Å². The number of hydrogen-bond donors (Lipinski definition) is 1. The van der Waals surface area contributed by atoms with Crippen LogP contribution in [0.3, 0.4) is 0 Å². The molecule has 132 valence electrons. The molecule has 2 heterocycles. The van der Waals surface area contributed by atoms with Gasteiger partial charge in [0.1, 0.15) is 6.33 Å². The third kappa shape index (κ3) is 3.55. The molecule has 1 fully saturated rings. The van der Waals surface area contributed by atoms with Gasteiger partial charge in [0.25, 0.3) is 5.91 Å². The first-order chi connectivity index (χ1) is 12.0. The lowest BCUT2D eigenvalue weighted by molar-refractivity contribution is -0.123. The van der Waals surface area contributed by atoms with Gasteiger partial charge in [-0.15, -0.1) is 0 Å². The first kappa shape index (κ1) is 17.1. The van der Waals surface area contributed by atoms with Crippen LogP contribution >= 0.6 is 0 Å². The van der Waals surface area contributed by atoms with Crippen molar-refractivity contribution >= 4 is 11.8 Å². The number of piperidine rings is 1. The molecule has 2 aromatic rings. The maximum atomic E-state index is 12.7.